The van der Waals surface area contributed by atoms with E-state index in [1.165, 1.54) is 6.42 Å². The maximum absolute atomic E-state index is 12.2. The van der Waals surface area contributed by atoms with Gasteiger partial charge in [0.25, 0.3) is 0 Å². The molecule has 3 rings (SSSR count). The van der Waals surface area contributed by atoms with Gasteiger partial charge in [-0.05, 0) is 56.5 Å². The van der Waals surface area contributed by atoms with Crippen molar-refractivity contribution in [2.45, 2.75) is 32.2 Å². The smallest absolute Gasteiger partial charge is 0.220 e. The highest BCUT2D eigenvalue weighted by atomic mass is 35.5. The van der Waals surface area contributed by atoms with E-state index in [4.69, 9.17) is 0 Å². The Balaban J connectivity index is 0.00000208. The first-order valence-electron chi connectivity index (χ1n) is 8.33. The van der Waals surface area contributed by atoms with E-state index in [0.717, 1.165) is 30.8 Å². The predicted octanol–water partition coefficient (Wildman–Crippen LogP) is 2.86. The zero-order valence-corrected chi connectivity index (χ0v) is 14.8. The number of amides is 1. The van der Waals surface area contributed by atoms with Crippen molar-refractivity contribution in [3.05, 3.63) is 48.3 Å². The Morgan fingerprint density at radius 1 is 1.42 bits per heavy atom. The molecule has 2 unspecified atom stereocenters. The van der Waals surface area contributed by atoms with Gasteiger partial charge in [-0.2, -0.15) is 5.10 Å². The summed E-state index contributed by atoms with van der Waals surface area (Å²) in [5.41, 5.74) is 2.08. The minimum absolute atomic E-state index is 0. The molecule has 1 amide bonds. The lowest BCUT2D eigenvalue weighted by Crippen LogP contribution is -2.27. The van der Waals surface area contributed by atoms with Crippen molar-refractivity contribution in [3.8, 4) is 5.69 Å². The standard InChI is InChI=1S/C18H24N4O.ClH/c1-14(21-18(23)8-7-15-9-11-19-13-15)16-5-2-3-6-17(16)22-12-4-10-20-22;/h2-6,10,12,14-15,19H,7-9,11,13H2,1H3,(H,21,23);1H. The molecule has 2 N–H and O–H groups in total. The van der Waals surface area contributed by atoms with Crippen molar-refractivity contribution >= 4 is 18.3 Å². The number of aromatic nitrogens is 2. The minimum atomic E-state index is -0.0374. The van der Waals surface area contributed by atoms with Gasteiger partial charge in [-0.3, -0.25) is 4.79 Å². The van der Waals surface area contributed by atoms with E-state index in [-0.39, 0.29) is 24.4 Å². The maximum Gasteiger partial charge on any atom is 0.220 e. The van der Waals surface area contributed by atoms with Crippen LogP contribution < -0.4 is 10.6 Å². The number of nitrogens with one attached hydrogen (secondary N) is 2. The Labute approximate surface area is 149 Å². The summed E-state index contributed by atoms with van der Waals surface area (Å²) in [7, 11) is 0. The fourth-order valence-corrected chi connectivity index (χ4v) is 3.16. The molecular weight excluding hydrogens is 324 g/mol. The van der Waals surface area contributed by atoms with Gasteiger partial charge >= 0.3 is 0 Å². The number of hydrogen-bond acceptors (Lipinski definition) is 3. The number of hydrogen-bond donors (Lipinski definition) is 2. The fourth-order valence-electron chi connectivity index (χ4n) is 3.16. The van der Waals surface area contributed by atoms with Crippen LogP contribution in [0.3, 0.4) is 0 Å². The summed E-state index contributed by atoms with van der Waals surface area (Å²) < 4.78 is 1.84. The molecule has 130 valence electrons. The lowest BCUT2D eigenvalue weighted by molar-refractivity contribution is -0.122. The number of nitrogens with zero attached hydrogens (tertiary/aromatic N) is 2. The number of halogens is 1. The average molecular weight is 349 g/mol. The van der Waals surface area contributed by atoms with E-state index in [0.29, 0.717) is 12.3 Å². The van der Waals surface area contributed by atoms with Gasteiger partial charge in [0.1, 0.15) is 0 Å². The number of carbonyl (C=O) groups excluding carboxylic acids is 1. The van der Waals surface area contributed by atoms with Crippen molar-refractivity contribution in [3.63, 3.8) is 0 Å². The molecule has 5 nitrogen and oxygen atoms in total. The Morgan fingerprint density at radius 2 is 2.25 bits per heavy atom. The predicted molar refractivity (Wildman–Crippen MR) is 97.6 cm³/mol. The maximum atomic E-state index is 12.2. The highest BCUT2D eigenvalue weighted by molar-refractivity contribution is 5.85. The van der Waals surface area contributed by atoms with Crippen LogP contribution in [0, 0.1) is 5.92 Å². The SMILES string of the molecule is CC(NC(=O)CCC1CCNC1)c1ccccc1-n1cccn1.Cl. The van der Waals surface area contributed by atoms with Gasteiger partial charge in [0.2, 0.25) is 5.91 Å². The number of para-hydroxylation sites is 1. The van der Waals surface area contributed by atoms with E-state index < -0.39 is 0 Å². The van der Waals surface area contributed by atoms with Gasteiger partial charge in [0.05, 0.1) is 11.7 Å². The van der Waals surface area contributed by atoms with E-state index in [9.17, 15) is 4.79 Å². The van der Waals surface area contributed by atoms with Gasteiger partial charge in [-0.1, -0.05) is 18.2 Å². The Morgan fingerprint density at radius 3 is 2.96 bits per heavy atom. The second-order valence-electron chi connectivity index (χ2n) is 6.20. The zero-order chi connectivity index (χ0) is 16.1. The Kier molecular flexibility index (Phi) is 6.82. The normalized spacial score (nSPS) is 18.0. The molecule has 1 saturated heterocycles. The van der Waals surface area contributed by atoms with Crippen LogP contribution in [0.15, 0.2) is 42.7 Å². The van der Waals surface area contributed by atoms with E-state index in [2.05, 4.69) is 15.7 Å². The summed E-state index contributed by atoms with van der Waals surface area (Å²) in [6.07, 6.45) is 6.42. The van der Waals surface area contributed by atoms with Crippen molar-refractivity contribution in [1.82, 2.24) is 20.4 Å². The molecule has 0 radical (unpaired) electrons. The minimum Gasteiger partial charge on any atom is -0.350 e. The highest BCUT2D eigenvalue weighted by Crippen LogP contribution is 2.21. The van der Waals surface area contributed by atoms with Gasteiger partial charge in [-0.25, -0.2) is 4.68 Å². The fraction of sp³-hybridized carbons (Fsp3) is 0.444. The molecule has 1 aromatic carbocycles. The lowest BCUT2D eigenvalue weighted by Gasteiger charge is -2.18. The van der Waals surface area contributed by atoms with Crippen LogP contribution in [0.25, 0.3) is 5.69 Å². The second kappa shape index (κ2) is 8.85. The van der Waals surface area contributed by atoms with Crippen LogP contribution >= 0.6 is 12.4 Å². The molecule has 0 spiro atoms. The molecule has 1 aliphatic rings. The van der Waals surface area contributed by atoms with Crippen LogP contribution in [0.4, 0.5) is 0 Å². The first-order chi connectivity index (χ1) is 11.2. The molecule has 24 heavy (non-hydrogen) atoms. The average Bonchev–Trinajstić information content (AvgIpc) is 3.26. The van der Waals surface area contributed by atoms with Crippen molar-refractivity contribution in [2.75, 3.05) is 13.1 Å². The molecule has 1 aromatic heterocycles. The molecule has 2 atom stereocenters. The molecule has 0 aliphatic carbocycles. The van der Waals surface area contributed by atoms with E-state index in [1.54, 1.807) is 6.20 Å². The third kappa shape index (κ3) is 4.58. The Hall–Kier alpha value is -1.85. The monoisotopic (exact) mass is 348 g/mol. The zero-order valence-electron chi connectivity index (χ0n) is 13.9. The third-order valence-corrected chi connectivity index (χ3v) is 4.47. The Bertz CT molecular complexity index is 638. The lowest BCUT2D eigenvalue weighted by atomic mass is 10.0. The summed E-state index contributed by atoms with van der Waals surface area (Å²) in [4.78, 5) is 12.2. The number of rotatable bonds is 6. The molecule has 2 aromatic rings. The van der Waals surface area contributed by atoms with Crippen molar-refractivity contribution in [1.29, 1.82) is 0 Å². The first-order valence-corrected chi connectivity index (χ1v) is 8.33. The molecule has 1 aliphatic heterocycles. The first kappa shape index (κ1) is 18.5. The summed E-state index contributed by atoms with van der Waals surface area (Å²) >= 11 is 0. The number of benzene rings is 1. The molecular formula is C18H25ClN4O. The quantitative estimate of drug-likeness (QED) is 0.844. The highest BCUT2D eigenvalue weighted by Gasteiger charge is 2.18. The van der Waals surface area contributed by atoms with Gasteiger partial charge in [0.15, 0.2) is 0 Å². The molecule has 0 bridgehead atoms. The van der Waals surface area contributed by atoms with Crippen LogP contribution in [0.5, 0.6) is 0 Å². The molecule has 0 saturated carbocycles. The summed E-state index contributed by atoms with van der Waals surface area (Å²) in [6.45, 7) is 4.16. The largest absolute Gasteiger partial charge is 0.350 e. The summed E-state index contributed by atoms with van der Waals surface area (Å²) in [6, 6.07) is 9.91. The molecule has 2 heterocycles. The van der Waals surface area contributed by atoms with Crippen LogP contribution in [0.2, 0.25) is 0 Å². The van der Waals surface area contributed by atoms with Crippen molar-refractivity contribution < 1.29 is 4.79 Å². The van der Waals surface area contributed by atoms with E-state index >= 15 is 0 Å². The summed E-state index contributed by atoms with van der Waals surface area (Å²) in [5.74, 6) is 0.770. The summed E-state index contributed by atoms with van der Waals surface area (Å²) in [5, 5.41) is 10.8. The molecule has 6 heteroatoms. The van der Waals surface area contributed by atoms with Crippen molar-refractivity contribution in [2.24, 2.45) is 5.92 Å². The molecule has 1 fully saturated rings. The van der Waals surface area contributed by atoms with Crippen LogP contribution in [-0.2, 0) is 4.79 Å². The van der Waals surface area contributed by atoms with Gasteiger partial charge in [0, 0.05) is 18.8 Å². The van der Waals surface area contributed by atoms with Crippen LogP contribution in [0.1, 0.15) is 37.8 Å². The topological polar surface area (TPSA) is 59.0 Å². The second-order valence-corrected chi connectivity index (χ2v) is 6.20. The van der Waals surface area contributed by atoms with Crippen LogP contribution in [-0.4, -0.2) is 28.8 Å². The number of carbonyl (C=O) groups is 1. The van der Waals surface area contributed by atoms with Gasteiger partial charge in [-0.15, -0.1) is 12.4 Å². The third-order valence-electron chi connectivity index (χ3n) is 4.47. The van der Waals surface area contributed by atoms with Gasteiger partial charge < -0.3 is 10.6 Å². The van der Waals surface area contributed by atoms with E-state index in [1.807, 2.05) is 48.1 Å².